The Hall–Kier alpha value is -2.03. The Bertz CT molecular complexity index is 637. The van der Waals surface area contributed by atoms with Gasteiger partial charge in [0.2, 0.25) is 0 Å². The number of anilines is 1. The second-order valence-corrected chi connectivity index (χ2v) is 6.31. The number of carbonyl (C=O) groups excluding carboxylic acids is 1. The molecule has 2 aromatic rings. The van der Waals surface area contributed by atoms with Gasteiger partial charge in [0.25, 0.3) is 0 Å². The molecule has 3 heteroatoms. The summed E-state index contributed by atoms with van der Waals surface area (Å²) in [5.41, 5.74) is 0.893. The van der Waals surface area contributed by atoms with Gasteiger partial charge in [-0.1, -0.05) is 50.2 Å². The molecule has 2 amide bonds. The first-order valence-electron chi connectivity index (χ1n) is 7.67. The molecule has 2 atom stereocenters. The molecule has 1 fully saturated rings. The van der Waals surface area contributed by atoms with Gasteiger partial charge in [0, 0.05) is 18.5 Å². The average Bonchev–Trinajstić information content (AvgIpc) is 2.46. The van der Waals surface area contributed by atoms with Crippen LogP contribution >= 0.6 is 0 Å². The summed E-state index contributed by atoms with van der Waals surface area (Å²) < 4.78 is 0. The molecule has 0 aromatic heterocycles. The van der Waals surface area contributed by atoms with Crippen molar-refractivity contribution in [1.29, 1.82) is 0 Å². The van der Waals surface area contributed by atoms with E-state index in [-0.39, 0.29) is 6.03 Å². The topological polar surface area (TPSA) is 32.3 Å². The van der Waals surface area contributed by atoms with E-state index >= 15 is 0 Å². The van der Waals surface area contributed by atoms with Crippen LogP contribution in [0.5, 0.6) is 0 Å². The molecule has 0 bridgehead atoms. The fourth-order valence-electron chi connectivity index (χ4n) is 3.36. The highest BCUT2D eigenvalue weighted by Crippen LogP contribution is 2.25. The van der Waals surface area contributed by atoms with Crippen LogP contribution < -0.4 is 5.32 Å². The van der Waals surface area contributed by atoms with E-state index in [9.17, 15) is 4.79 Å². The molecular weight excluding hydrogens is 260 g/mol. The molecule has 0 saturated carbocycles. The SMILES string of the molecule is C[C@@H]1C[C@H](C)CN(C(=O)Nc2cccc3ccccc23)C1. The average molecular weight is 282 g/mol. The van der Waals surface area contributed by atoms with Gasteiger partial charge in [0.15, 0.2) is 0 Å². The van der Waals surface area contributed by atoms with Gasteiger partial charge in [0.05, 0.1) is 5.69 Å². The third-order valence-electron chi connectivity index (χ3n) is 4.19. The van der Waals surface area contributed by atoms with Crippen molar-refractivity contribution in [2.24, 2.45) is 11.8 Å². The molecule has 3 nitrogen and oxygen atoms in total. The van der Waals surface area contributed by atoms with Gasteiger partial charge in [0.1, 0.15) is 0 Å². The minimum atomic E-state index is 0.0183. The zero-order chi connectivity index (χ0) is 14.8. The fraction of sp³-hybridized carbons (Fsp3) is 0.389. The van der Waals surface area contributed by atoms with Crippen LogP contribution in [0.15, 0.2) is 42.5 Å². The number of rotatable bonds is 1. The van der Waals surface area contributed by atoms with Crippen molar-refractivity contribution in [3.63, 3.8) is 0 Å². The number of piperidine rings is 1. The summed E-state index contributed by atoms with van der Waals surface area (Å²) in [6.45, 7) is 6.13. The van der Waals surface area contributed by atoms with Crippen LogP contribution in [0.3, 0.4) is 0 Å². The first kappa shape index (κ1) is 13.9. The molecule has 0 aliphatic carbocycles. The van der Waals surface area contributed by atoms with E-state index in [0.29, 0.717) is 11.8 Å². The first-order chi connectivity index (χ1) is 10.1. The van der Waals surface area contributed by atoms with Crippen LogP contribution in [0.1, 0.15) is 20.3 Å². The molecule has 110 valence electrons. The largest absolute Gasteiger partial charge is 0.324 e. The number of amides is 2. The molecule has 1 N–H and O–H groups in total. The first-order valence-corrected chi connectivity index (χ1v) is 7.67. The summed E-state index contributed by atoms with van der Waals surface area (Å²) in [5.74, 6) is 1.15. The summed E-state index contributed by atoms with van der Waals surface area (Å²) in [6, 6.07) is 14.2. The lowest BCUT2D eigenvalue weighted by Gasteiger charge is -2.35. The van der Waals surface area contributed by atoms with Crippen molar-refractivity contribution in [3.05, 3.63) is 42.5 Å². The fourth-order valence-corrected chi connectivity index (χ4v) is 3.36. The third kappa shape index (κ3) is 3.02. The number of hydrogen-bond donors (Lipinski definition) is 1. The van der Waals surface area contributed by atoms with E-state index in [2.05, 4.69) is 31.3 Å². The zero-order valence-corrected chi connectivity index (χ0v) is 12.7. The highest BCUT2D eigenvalue weighted by atomic mass is 16.2. The molecule has 0 radical (unpaired) electrons. The van der Waals surface area contributed by atoms with Crippen LogP contribution in [-0.4, -0.2) is 24.0 Å². The Morgan fingerprint density at radius 3 is 2.48 bits per heavy atom. The van der Waals surface area contributed by atoms with Crippen LogP contribution in [-0.2, 0) is 0 Å². The minimum absolute atomic E-state index is 0.0183. The van der Waals surface area contributed by atoms with Crippen molar-refractivity contribution in [3.8, 4) is 0 Å². The van der Waals surface area contributed by atoms with Crippen LogP contribution in [0.25, 0.3) is 10.8 Å². The summed E-state index contributed by atoms with van der Waals surface area (Å²) in [5, 5.41) is 5.32. The number of carbonyl (C=O) groups is 1. The molecule has 0 unspecified atom stereocenters. The Kier molecular flexibility index (Phi) is 3.82. The molecule has 21 heavy (non-hydrogen) atoms. The lowest BCUT2D eigenvalue weighted by molar-refractivity contribution is 0.156. The highest BCUT2D eigenvalue weighted by Gasteiger charge is 2.25. The van der Waals surface area contributed by atoms with Gasteiger partial charge in [-0.05, 0) is 29.7 Å². The second kappa shape index (κ2) is 5.76. The summed E-state index contributed by atoms with van der Waals surface area (Å²) in [4.78, 5) is 14.5. The molecule has 1 saturated heterocycles. The van der Waals surface area contributed by atoms with Crippen molar-refractivity contribution in [2.45, 2.75) is 20.3 Å². The van der Waals surface area contributed by atoms with Gasteiger partial charge in [-0.2, -0.15) is 0 Å². The maximum atomic E-state index is 12.5. The van der Waals surface area contributed by atoms with Crippen molar-refractivity contribution in [1.82, 2.24) is 4.90 Å². The molecule has 3 rings (SSSR count). The number of likely N-dealkylation sites (tertiary alicyclic amines) is 1. The van der Waals surface area contributed by atoms with Gasteiger partial charge in [-0.25, -0.2) is 4.79 Å². The monoisotopic (exact) mass is 282 g/mol. The molecular formula is C18H22N2O. The predicted octanol–water partition coefficient (Wildman–Crippen LogP) is 4.35. The van der Waals surface area contributed by atoms with Crippen molar-refractivity contribution >= 4 is 22.5 Å². The number of fused-ring (bicyclic) bond motifs is 1. The smallest absolute Gasteiger partial charge is 0.321 e. The summed E-state index contributed by atoms with van der Waals surface area (Å²) in [6.07, 6.45) is 1.21. The van der Waals surface area contributed by atoms with Gasteiger partial charge >= 0.3 is 6.03 Å². The highest BCUT2D eigenvalue weighted by molar-refractivity contribution is 6.01. The van der Waals surface area contributed by atoms with E-state index in [1.807, 2.05) is 35.2 Å². The second-order valence-electron chi connectivity index (χ2n) is 6.31. The van der Waals surface area contributed by atoms with Crippen molar-refractivity contribution < 1.29 is 4.79 Å². The molecule has 2 aromatic carbocycles. The molecule has 1 heterocycles. The quantitative estimate of drug-likeness (QED) is 0.828. The molecule has 0 spiro atoms. The predicted molar refractivity (Wildman–Crippen MR) is 87.5 cm³/mol. The third-order valence-corrected chi connectivity index (χ3v) is 4.19. The zero-order valence-electron chi connectivity index (χ0n) is 12.7. The van der Waals surface area contributed by atoms with Gasteiger partial charge in [-0.15, -0.1) is 0 Å². The number of urea groups is 1. The lowest BCUT2D eigenvalue weighted by atomic mass is 9.92. The van der Waals surface area contributed by atoms with Crippen molar-refractivity contribution in [2.75, 3.05) is 18.4 Å². The lowest BCUT2D eigenvalue weighted by Crippen LogP contribution is -2.44. The Labute approximate surface area is 125 Å². The number of hydrogen-bond acceptors (Lipinski definition) is 1. The number of nitrogens with one attached hydrogen (secondary N) is 1. The van der Waals surface area contributed by atoms with Gasteiger partial charge < -0.3 is 10.2 Å². The van der Waals surface area contributed by atoms with E-state index in [1.165, 1.54) is 6.42 Å². The van der Waals surface area contributed by atoms with E-state index in [0.717, 1.165) is 29.5 Å². The van der Waals surface area contributed by atoms with Crippen LogP contribution in [0.4, 0.5) is 10.5 Å². The molecule has 1 aliphatic rings. The van der Waals surface area contributed by atoms with E-state index in [1.54, 1.807) is 0 Å². The minimum Gasteiger partial charge on any atom is -0.324 e. The summed E-state index contributed by atoms with van der Waals surface area (Å²) in [7, 11) is 0. The van der Waals surface area contributed by atoms with E-state index in [4.69, 9.17) is 0 Å². The number of nitrogens with zero attached hydrogens (tertiary/aromatic N) is 1. The van der Waals surface area contributed by atoms with Gasteiger partial charge in [-0.3, -0.25) is 0 Å². The molecule has 1 aliphatic heterocycles. The maximum absolute atomic E-state index is 12.5. The van der Waals surface area contributed by atoms with Crippen LogP contribution in [0, 0.1) is 11.8 Å². The Morgan fingerprint density at radius 2 is 1.71 bits per heavy atom. The maximum Gasteiger partial charge on any atom is 0.321 e. The van der Waals surface area contributed by atoms with E-state index < -0.39 is 0 Å². The Morgan fingerprint density at radius 1 is 1.05 bits per heavy atom. The standard InChI is InChI=1S/C18H22N2O/c1-13-10-14(2)12-20(11-13)18(21)19-17-9-5-7-15-6-3-4-8-16(15)17/h3-9,13-14H,10-12H2,1-2H3,(H,19,21)/t13-,14+. The summed E-state index contributed by atoms with van der Waals surface area (Å²) >= 11 is 0. The normalized spacial score (nSPS) is 22.3. The number of benzene rings is 2. The van der Waals surface area contributed by atoms with Crippen LogP contribution in [0.2, 0.25) is 0 Å². The Balaban J connectivity index is 1.80.